The van der Waals surface area contributed by atoms with Gasteiger partial charge in [0.15, 0.2) is 11.5 Å². The molecule has 82 valence electrons. The lowest BCUT2D eigenvalue weighted by Crippen LogP contribution is -2.09. The fourth-order valence-electron chi connectivity index (χ4n) is 1.75. The summed E-state index contributed by atoms with van der Waals surface area (Å²) in [6, 6.07) is 3.62. The fraction of sp³-hybridized carbons (Fsp3) is 0.364. The number of fused-ring (bicyclic) bond motifs is 1. The predicted molar refractivity (Wildman–Crippen MR) is 62.7 cm³/mol. The lowest BCUT2D eigenvalue weighted by molar-refractivity contribution is 0.373. The van der Waals surface area contributed by atoms with Gasteiger partial charge in [0.2, 0.25) is 0 Å². The monoisotopic (exact) mass is 227 g/mol. The molecule has 2 rings (SSSR count). The number of rotatable bonds is 1. The zero-order valence-electron chi connectivity index (χ0n) is 8.78. The first-order valence-corrected chi connectivity index (χ1v) is 4.63. The van der Waals surface area contributed by atoms with Crippen LogP contribution in [0.25, 0.3) is 0 Å². The van der Waals surface area contributed by atoms with E-state index in [2.05, 4.69) is 4.99 Å². The van der Waals surface area contributed by atoms with Gasteiger partial charge in [-0.05, 0) is 31.0 Å². The van der Waals surface area contributed by atoms with Gasteiger partial charge in [0, 0.05) is 17.8 Å². The van der Waals surface area contributed by atoms with E-state index in [-0.39, 0.29) is 18.2 Å². The number of hydrogen-bond acceptors (Lipinski definition) is 3. The van der Waals surface area contributed by atoms with E-state index < -0.39 is 0 Å². The first-order chi connectivity index (χ1) is 6.72. The number of hydrogen-bond donors (Lipinski definition) is 1. The van der Waals surface area contributed by atoms with Gasteiger partial charge in [-0.1, -0.05) is 0 Å². The zero-order chi connectivity index (χ0) is 10.1. The van der Waals surface area contributed by atoms with Crippen molar-refractivity contribution in [3.8, 4) is 11.5 Å². The summed E-state index contributed by atoms with van der Waals surface area (Å²) in [6.07, 6.45) is 0.893. The smallest absolute Gasteiger partial charge is 0.161 e. The van der Waals surface area contributed by atoms with Crippen LogP contribution in [-0.4, -0.2) is 24.5 Å². The molecule has 1 aliphatic heterocycles. The summed E-state index contributed by atoms with van der Waals surface area (Å²) in [5.74, 6) is 0.723. The van der Waals surface area contributed by atoms with Crippen LogP contribution in [0.3, 0.4) is 0 Å². The topological polar surface area (TPSA) is 41.8 Å². The summed E-state index contributed by atoms with van der Waals surface area (Å²) in [6.45, 7) is 2.79. The minimum atomic E-state index is 0. The molecule has 0 saturated carbocycles. The maximum absolute atomic E-state index is 9.59. The molecule has 0 bridgehead atoms. The van der Waals surface area contributed by atoms with Crippen LogP contribution in [0.5, 0.6) is 11.5 Å². The SMILES string of the molecule is COc1cc2c(cc1O)CCN=C2C.Cl. The summed E-state index contributed by atoms with van der Waals surface area (Å²) in [5.41, 5.74) is 3.26. The molecular formula is C11H14ClNO2. The molecule has 0 amide bonds. The molecule has 0 aliphatic carbocycles. The number of phenolic OH excluding ortho intramolecular Hbond substituents is 1. The van der Waals surface area contributed by atoms with E-state index in [9.17, 15) is 5.11 Å². The Kier molecular flexibility index (Phi) is 3.58. The maximum atomic E-state index is 9.59. The molecule has 1 aromatic rings. The number of halogens is 1. The Hall–Kier alpha value is -1.22. The van der Waals surface area contributed by atoms with Crippen LogP contribution >= 0.6 is 12.4 Å². The molecule has 0 atom stereocenters. The van der Waals surface area contributed by atoms with Gasteiger partial charge < -0.3 is 9.84 Å². The van der Waals surface area contributed by atoms with Gasteiger partial charge in [-0.25, -0.2) is 0 Å². The second-order valence-corrected chi connectivity index (χ2v) is 3.40. The predicted octanol–water partition coefficient (Wildman–Crippen LogP) is 2.19. The van der Waals surface area contributed by atoms with E-state index in [4.69, 9.17) is 4.74 Å². The molecular weight excluding hydrogens is 214 g/mol. The summed E-state index contributed by atoms with van der Waals surface area (Å²) in [7, 11) is 1.55. The van der Waals surface area contributed by atoms with E-state index in [1.54, 1.807) is 13.2 Å². The van der Waals surface area contributed by atoms with Crippen LogP contribution in [0.1, 0.15) is 18.1 Å². The molecule has 1 aliphatic rings. The standard InChI is InChI=1S/C11H13NO2.ClH/c1-7-9-6-11(14-2)10(13)5-8(9)3-4-12-7;/h5-6,13H,3-4H2,1-2H3;1H. The quantitative estimate of drug-likeness (QED) is 0.799. The largest absolute Gasteiger partial charge is 0.504 e. The van der Waals surface area contributed by atoms with Gasteiger partial charge in [-0.15, -0.1) is 12.4 Å². The highest BCUT2D eigenvalue weighted by molar-refractivity contribution is 6.01. The average molecular weight is 228 g/mol. The van der Waals surface area contributed by atoms with Crippen LogP contribution in [0, 0.1) is 0 Å². The molecule has 1 heterocycles. The average Bonchev–Trinajstić information content (AvgIpc) is 2.17. The summed E-state index contributed by atoms with van der Waals surface area (Å²) >= 11 is 0. The van der Waals surface area contributed by atoms with Crippen LogP contribution in [0.2, 0.25) is 0 Å². The van der Waals surface area contributed by atoms with Crippen molar-refractivity contribution in [3.63, 3.8) is 0 Å². The van der Waals surface area contributed by atoms with Crippen molar-refractivity contribution in [3.05, 3.63) is 23.3 Å². The number of methoxy groups -OCH3 is 1. The number of aromatic hydroxyl groups is 1. The summed E-state index contributed by atoms with van der Waals surface area (Å²) in [4.78, 5) is 4.36. The van der Waals surface area contributed by atoms with Crippen molar-refractivity contribution in [2.75, 3.05) is 13.7 Å². The van der Waals surface area contributed by atoms with E-state index in [0.717, 1.165) is 29.8 Å². The van der Waals surface area contributed by atoms with Crippen LogP contribution in [-0.2, 0) is 6.42 Å². The molecule has 1 aromatic carbocycles. The normalized spacial score (nSPS) is 13.6. The van der Waals surface area contributed by atoms with Crippen molar-refractivity contribution in [2.45, 2.75) is 13.3 Å². The Labute approximate surface area is 95.2 Å². The first-order valence-electron chi connectivity index (χ1n) is 4.63. The highest BCUT2D eigenvalue weighted by atomic mass is 35.5. The molecule has 0 saturated heterocycles. The maximum Gasteiger partial charge on any atom is 0.161 e. The Morgan fingerprint density at radius 2 is 2.13 bits per heavy atom. The minimum absolute atomic E-state index is 0. The van der Waals surface area contributed by atoms with Gasteiger partial charge in [-0.2, -0.15) is 0 Å². The number of benzene rings is 1. The zero-order valence-corrected chi connectivity index (χ0v) is 9.60. The fourth-order valence-corrected chi connectivity index (χ4v) is 1.75. The van der Waals surface area contributed by atoms with Crippen molar-refractivity contribution < 1.29 is 9.84 Å². The Bertz CT molecular complexity index is 402. The van der Waals surface area contributed by atoms with Crippen molar-refractivity contribution in [1.82, 2.24) is 0 Å². The number of ether oxygens (including phenoxy) is 1. The third kappa shape index (κ3) is 2.07. The summed E-state index contributed by atoms with van der Waals surface area (Å²) in [5, 5.41) is 9.59. The minimum Gasteiger partial charge on any atom is -0.504 e. The van der Waals surface area contributed by atoms with E-state index >= 15 is 0 Å². The van der Waals surface area contributed by atoms with E-state index in [1.807, 2.05) is 13.0 Å². The second-order valence-electron chi connectivity index (χ2n) is 3.40. The molecule has 4 heteroatoms. The highest BCUT2D eigenvalue weighted by Gasteiger charge is 2.14. The first kappa shape index (κ1) is 11.9. The van der Waals surface area contributed by atoms with E-state index in [1.165, 1.54) is 0 Å². The highest BCUT2D eigenvalue weighted by Crippen LogP contribution is 2.31. The van der Waals surface area contributed by atoms with Gasteiger partial charge in [0.25, 0.3) is 0 Å². The van der Waals surface area contributed by atoms with Crippen LogP contribution in [0.15, 0.2) is 17.1 Å². The third-order valence-corrected chi connectivity index (χ3v) is 2.52. The molecule has 0 fully saturated rings. The molecule has 0 radical (unpaired) electrons. The molecule has 3 nitrogen and oxygen atoms in total. The van der Waals surface area contributed by atoms with Gasteiger partial charge in [0.05, 0.1) is 7.11 Å². The number of nitrogens with zero attached hydrogens (tertiary/aromatic N) is 1. The summed E-state index contributed by atoms with van der Waals surface area (Å²) < 4.78 is 5.05. The molecule has 15 heavy (non-hydrogen) atoms. The Morgan fingerprint density at radius 3 is 2.80 bits per heavy atom. The molecule has 1 N–H and O–H groups in total. The third-order valence-electron chi connectivity index (χ3n) is 2.52. The lowest BCUT2D eigenvalue weighted by Gasteiger charge is -2.16. The van der Waals surface area contributed by atoms with Crippen molar-refractivity contribution in [1.29, 1.82) is 0 Å². The molecule has 0 aromatic heterocycles. The van der Waals surface area contributed by atoms with Gasteiger partial charge in [0.1, 0.15) is 0 Å². The van der Waals surface area contributed by atoms with Crippen LogP contribution < -0.4 is 4.74 Å². The Balaban J connectivity index is 0.00000112. The number of aliphatic imine (C=N–C) groups is 1. The van der Waals surface area contributed by atoms with Crippen molar-refractivity contribution in [2.24, 2.45) is 4.99 Å². The molecule has 0 unspecified atom stereocenters. The Morgan fingerprint density at radius 1 is 1.40 bits per heavy atom. The van der Waals surface area contributed by atoms with Crippen LogP contribution in [0.4, 0.5) is 0 Å². The van der Waals surface area contributed by atoms with Gasteiger partial charge in [-0.3, -0.25) is 4.99 Å². The molecule has 0 spiro atoms. The van der Waals surface area contributed by atoms with E-state index in [0.29, 0.717) is 5.75 Å². The van der Waals surface area contributed by atoms with Crippen molar-refractivity contribution >= 4 is 18.1 Å². The van der Waals surface area contributed by atoms with Gasteiger partial charge >= 0.3 is 0 Å². The number of phenols is 1. The second kappa shape index (κ2) is 4.53. The lowest BCUT2D eigenvalue weighted by atomic mass is 9.98.